The lowest BCUT2D eigenvalue weighted by Gasteiger charge is -2.18. The molecule has 1 aromatic carbocycles. The molecule has 0 N–H and O–H groups in total. The molecule has 1 aromatic heterocycles. The summed E-state index contributed by atoms with van der Waals surface area (Å²) in [4.78, 5) is 23.4. The van der Waals surface area contributed by atoms with E-state index in [0.717, 1.165) is 24.5 Å². The zero-order valence-corrected chi connectivity index (χ0v) is 12.8. The summed E-state index contributed by atoms with van der Waals surface area (Å²) in [7, 11) is 1.58. The Balaban J connectivity index is 1.76. The van der Waals surface area contributed by atoms with Crippen molar-refractivity contribution in [1.29, 1.82) is 0 Å². The van der Waals surface area contributed by atoms with Gasteiger partial charge in [0, 0.05) is 30.9 Å². The quantitative estimate of drug-likeness (QED) is 0.873. The third-order valence-electron chi connectivity index (χ3n) is 3.99. The number of hydrogen-bond donors (Lipinski definition) is 0. The average molecular weight is 297 g/mol. The van der Waals surface area contributed by atoms with E-state index < -0.39 is 0 Å². The molecule has 0 saturated carbocycles. The molecule has 0 spiro atoms. The summed E-state index contributed by atoms with van der Waals surface area (Å²) < 4.78 is 5.28. The van der Waals surface area contributed by atoms with E-state index in [9.17, 15) is 4.79 Å². The molecule has 1 amide bonds. The number of amides is 1. The van der Waals surface area contributed by atoms with Crippen LogP contribution >= 0.6 is 0 Å². The van der Waals surface area contributed by atoms with Gasteiger partial charge in [0.1, 0.15) is 11.6 Å². The van der Waals surface area contributed by atoms with E-state index in [1.54, 1.807) is 19.4 Å². The van der Waals surface area contributed by atoms with Crippen LogP contribution in [0.2, 0.25) is 0 Å². The maximum atomic E-state index is 12.7. The number of carbonyl (C=O) groups is 1. The van der Waals surface area contributed by atoms with E-state index in [2.05, 4.69) is 9.97 Å². The van der Waals surface area contributed by atoms with Crippen LogP contribution in [0.25, 0.3) is 0 Å². The van der Waals surface area contributed by atoms with Crippen LogP contribution in [0.3, 0.4) is 0 Å². The standard InChI is InChI=1S/C17H19N3O2/c1-12-7-9-18-16(19-12)13-8-10-20(11-13)17(21)14-5-3-4-6-15(14)22-2/h3-7,9,13H,8,10-11H2,1-2H3. The molecule has 0 bridgehead atoms. The van der Waals surface area contributed by atoms with Gasteiger partial charge >= 0.3 is 0 Å². The Morgan fingerprint density at radius 1 is 1.32 bits per heavy atom. The number of benzene rings is 1. The minimum absolute atomic E-state index is 0.00704. The number of para-hydroxylation sites is 1. The Morgan fingerprint density at radius 2 is 2.14 bits per heavy atom. The topological polar surface area (TPSA) is 55.3 Å². The van der Waals surface area contributed by atoms with Gasteiger partial charge in [0.2, 0.25) is 0 Å². The van der Waals surface area contributed by atoms with Gasteiger partial charge in [0.15, 0.2) is 0 Å². The Hall–Kier alpha value is -2.43. The monoisotopic (exact) mass is 297 g/mol. The van der Waals surface area contributed by atoms with E-state index in [0.29, 0.717) is 17.9 Å². The van der Waals surface area contributed by atoms with Gasteiger partial charge in [-0.05, 0) is 31.5 Å². The van der Waals surface area contributed by atoms with Crippen molar-refractivity contribution in [2.75, 3.05) is 20.2 Å². The van der Waals surface area contributed by atoms with Crippen molar-refractivity contribution in [2.45, 2.75) is 19.3 Å². The van der Waals surface area contributed by atoms with Gasteiger partial charge in [-0.2, -0.15) is 0 Å². The molecule has 1 atom stereocenters. The number of hydrogen-bond acceptors (Lipinski definition) is 4. The van der Waals surface area contributed by atoms with Gasteiger partial charge in [-0.25, -0.2) is 9.97 Å². The summed E-state index contributed by atoms with van der Waals surface area (Å²) in [5, 5.41) is 0. The maximum absolute atomic E-state index is 12.7. The molecule has 1 unspecified atom stereocenters. The van der Waals surface area contributed by atoms with Crippen molar-refractivity contribution in [1.82, 2.24) is 14.9 Å². The van der Waals surface area contributed by atoms with Crippen molar-refractivity contribution in [3.8, 4) is 5.75 Å². The highest BCUT2D eigenvalue weighted by Crippen LogP contribution is 2.28. The number of carbonyl (C=O) groups excluding carboxylic acids is 1. The number of methoxy groups -OCH3 is 1. The number of aryl methyl sites for hydroxylation is 1. The summed E-state index contributed by atoms with van der Waals surface area (Å²) in [6.07, 6.45) is 2.67. The number of likely N-dealkylation sites (tertiary alicyclic amines) is 1. The Morgan fingerprint density at radius 3 is 2.91 bits per heavy atom. The lowest BCUT2D eigenvalue weighted by atomic mass is 10.1. The fourth-order valence-electron chi connectivity index (χ4n) is 2.81. The van der Waals surface area contributed by atoms with Crippen molar-refractivity contribution >= 4 is 5.91 Å². The molecule has 1 aliphatic heterocycles. The fraction of sp³-hybridized carbons (Fsp3) is 0.353. The minimum atomic E-state index is 0.00704. The molecular formula is C17H19N3O2. The second-order valence-corrected chi connectivity index (χ2v) is 5.49. The fourth-order valence-corrected chi connectivity index (χ4v) is 2.81. The van der Waals surface area contributed by atoms with Gasteiger partial charge in [-0.15, -0.1) is 0 Å². The van der Waals surface area contributed by atoms with Crippen LogP contribution in [0, 0.1) is 6.92 Å². The van der Waals surface area contributed by atoms with E-state index in [1.807, 2.05) is 36.1 Å². The SMILES string of the molecule is COc1ccccc1C(=O)N1CCC(c2nccc(C)n2)C1. The molecular weight excluding hydrogens is 278 g/mol. The van der Waals surface area contributed by atoms with Gasteiger partial charge < -0.3 is 9.64 Å². The predicted octanol–water partition coefficient (Wildman–Crippen LogP) is 2.42. The third-order valence-corrected chi connectivity index (χ3v) is 3.99. The maximum Gasteiger partial charge on any atom is 0.257 e. The molecule has 0 aliphatic carbocycles. The van der Waals surface area contributed by atoms with Crippen LogP contribution < -0.4 is 4.74 Å². The summed E-state index contributed by atoms with van der Waals surface area (Å²) in [5.74, 6) is 1.66. The van der Waals surface area contributed by atoms with E-state index in [4.69, 9.17) is 4.74 Å². The van der Waals surface area contributed by atoms with Crippen molar-refractivity contribution in [2.24, 2.45) is 0 Å². The van der Waals surface area contributed by atoms with Crippen LogP contribution in [-0.2, 0) is 0 Å². The van der Waals surface area contributed by atoms with Crippen molar-refractivity contribution in [3.63, 3.8) is 0 Å². The van der Waals surface area contributed by atoms with E-state index in [-0.39, 0.29) is 11.8 Å². The van der Waals surface area contributed by atoms with E-state index >= 15 is 0 Å². The highest BCUT2D eigenvalue weighted by atomic mass is 16.5. The molecule has 5 heteroatoms. The van der Waals surface area contributed by atoms with Gasteiger partial charge in [0.05, 0.1) is 12.7 Å². The van der Waals surface area contributed by atoms with Crippen LogP contribution in [0.4, 0.5) is 0 Å². The van der Waals surface area contributed by atoms with Crippen LogP contribution in [-0.4, -0.2) is 41.0 Å². The number of aromatic nitrogens is 2. The lowest BCUT2D eigenvalue weighted by molar-refractivity contribution is 0.0787. The molecule has 114 valence electrons. The summed E-state index contributed by atoms with van der Waals surface area (Å²) >= 11 is 0. The van der Waals surface area contributed by atoms with Crippen LogP contribution in [0.15, 0.2) is 36.5 Å². The van der Waals surface area contributed by atoms with Gasteiger partial charge in [-0.1, -0.05) is 12.1 Å². The second kappa shape index (κ2) is 6.13. The van der Waals surface area contributed by atoms with Crippen LogP contribution in [0.5, 0.6) is 5.75 Å². The first-order valence-corrected chi connectivity index (χ1v) is 7.41. The highest BCUT2D eigenvalue weighted by Gasteiger charge is 2.30. The highest BCUT2D eigenvalue weighted by molar-refractivity contribution is 5.97. The molecule has 2 heterocycles. The van der Waals surface area contributed by atoms with Crippen LogP contribution in [0.1, 0.15) is 34.2 Å². The lowest BCUT2D eigenvalue weighted by Crippen LogP contribution is -2.29. The second-order valence-electron chi connectivity index (χ2n) is 5.49. The zero-order chi connectivity index (χ0) is 15.5. The first-order chi connectivity index (χ1) is 10.7. The molecule has 22 heavy (non-hydrogen) atoms. The smallest absolute Gasteiger partial charge is 0.257 e. The molecule has 1 saturated heterocycles. The third kappa shape index (κ3) is 2.79. The molecule has 1 fully saturated rings. The molecule has 2 aromatic rings. The first-order valence-electron chi connectivity index (χ1n) is 7.41. The summed E-state index contributed by atoms with van der Waals surface area (Å²) in [5.41, 5.74) is 1.57. The van der Waals surface area contributed by atoms with Gasteiger partial charge in [-0.3, -0.25) is 4.79 Å². The molecule has 3 rings (SSSR count). The molecule has 0 radical (unpaired) electrons. The largest absolute Gasteiger partial charge is 0.496 e. The minimum Gasteiger partial charge on any atom is -0.496 e. The normalized spacial score (nSPS) is 17.5. The van der Waals surface area contributed by atoms with E-state index in [1.165, 1.54) is 0 Å². The molecule has 5 nitrogen and oxygen atoms in total. The summed E-state index contributed by atoms with van der Waals surface area (Å²) in [6, 6.07) is 9.22. The Bertz CT molecular complexity index is 687. The number of ether oxygens (including phenoxy) is 1. The average Bonchev–Trinajstić information content (AvgIpc) is 3.04. The number of nitrogens with zero attached hydrogens (tertiary/aromatic N) is 3. The summed E-state index contributed by atoms with van der Waals surface area (Å²) in [6.45, 7) is 3.33. The first kappa shape index (κ1) is 14.5. The Kier molecular flexibility index (Phi) is 4.04. The molecule has 1 aliphatic rings. The Labute approximate surface area is 130 Å². The van der Waals surface area contributed by atoms with Crippen molar-refractivity contribution < 1.29 is 9.53 Å². The van der Waals surface area contributed by atoms with Crippen molar-refractivity contribution in [3.05, 3.63) is 53.6 Å². The zero-order valence-electron chi connectivity index (χ0n) is 12.8. The van der Waals surface area contributed by atoms with Gasteiger partial charge in [0.25, 0.3) is 5.91 Å². The predicted molar refractivity (Wildman–Crippen MR) is 83.0 cm³/mol. The number of rotatable bonds is 3.